The summed E-state index contributed by atoms with van der Waals surface area (Å²) in [6.45, 7) is 10.8. The number of allylic oxidation sites excluding steroid dienone is 5. The minimum atomic E-state index is -0.296. The van der Waals surface area contributed by atoms with Gasteiger partial charge in [0, 0.05) is 6.07 Å². The van der Waals surface area contributed by atoms with Crippen LogP contribution in [0.1, 0.15) is 58.3 Å². The highest BCUT2D eigenvalue weighted by Gasteiger charge is 2.26. The lowest BCUT2D eigenvalue weighted by Crippen LogP contribution is -2.19. The average Bonchev–Trinajstić information content (AvgIpc) is 2.35. The van der Waals surface area contributed by atoms with E-state index in [1.165, 1.54) is 36.5 Å². The van der Waals surface area contributed by atoms with Crippen molar-refractivity contribution in [3.63, 3.8) is 0 Å². The van der Waals surface area contributed by atoms with Gasteiger partial charge in [0.05, 0.1) is 0 Å². The molecular formula is C20H26O2. The van der Waals surface area contributed by atoms with Crippen LogP contribution >= 0.6 is 0 Å². The maximum atomic E-state index is 11.4. The van der Waals surface area contributed by atoms with E-state index in [0.29, 0.717) is 5.76 Å². The summed E-state index contributed by atoms with van der Waals surface area (Å²) in [5, 5.41) is 0. The van der Waals surface area contributed by atoms with Gasteiger partial charge in [-0.25, -0.2) is 4.79 Å². The molecule has 1 aliphatic rings. The summed E-state index contributed by atoms with van der Waals surface area (Å²) in [7, 11) is 0. The number of aryl methyl sites for hydroxylation is 1. The molecule has 1 aromatic heterocycles. The second kappa shape index (κ2) is 6.51. The normalized spacial score (nSPS) is 19.0. The van der Waals surface area contributed by atoms with Crippen LogP contribution in [0, 0.1) is 12.3 Å². The largest absolute Gasteiger partial charge is 0.423 e. The number of hydrogen-bond donors (Lipinski definition) is 0. The topological polar surface area (TPSA) is 30.2 Å². The first-order valence-corrected chi connectivity index (χ1v) is 7.96. The maximum absolute atomic E-state index is 11.4. The Labute approximate surface area is 133 Å². The lowest BCUT2D eigenvalue weighted by atomic mass is 9.72. The molecule has 2 heteroatoms. The molecule has 0 saturated heterocycles. The lowest BCUT2D eigenvalue weighted by Gasteiger charge is -2.32. The molecule has 1 aliphatic carbocycles. The molecular weight excluding hydrogens is 272 g/mol. The SMILES string of the molecule is CC1=C(/C=C/C(C)=C/c2cc(C)cc(=O)o2)C(C)(C)CCC1. The quantitative estimate of drug-likeness (QED) is 0.696. The third-order valence-electron chi connectivity index (χ3n) is 4.36. The predicted molar refractivity (Wildman–Crippen MR) is 92.8 cm³/mol. The molecule has 0 atom stereocenters. The maximum Gasteiger partial charge on any atom is 0.336 e. The summed E-state index contributed by atoms with van der Waals surface area (Å²) in [5.74, 6) is 0.612. The van der Waals surface area contributed by atoms with Crippen molar-refractivity contribution in [2.45, 2.75) is 53.9 Å². The van der Waals surface area contributed by atoms with E-state index in [2.05, 4.69) is 32.9 Å². The molecule has 1 aromatic rings. The Balaban J connectivity index is 2.25. The van der Waals surface area contributed by atoms with E-state index in [4.69, 9.17) is 4.42 Å². The molecule has 0 N–H and O–H groups in total. The van der Waals surface area contributed by atoms with Crippen LogP contribution in [0.4, 0.5) is 0 Å². The Morgan fingerprint density at radius 1 is 1.27 bits per heavy atom. The molecule has 0 saturated carbocycles. The number of hydrogen-bond acceptors (Lipinski definition) is 2. The molecule has 0 radical (unpaired) electrons. The Morgan fingerprint density at radius 2 is 2.00 bits per heavy atom. The highest BCUT2D eigenvalue weighted by Crippen LogP contribution is 2.40. The molecule has 0 aliphatic heterocycles. The van der Waals surface area contributed by atoms with Gasteiger partial charge in [-0.3, -0.25) is 0 Å². The van der Waals surface area contributed by atoms with Gasteiger partial charge in [-0.05, 0) is 74.3 Å². The van der Waals surface area contributed by atoms with Gasteiger partial charge >= 0.3 is 5.63 Å². The molecule has 0 amide bonds. The van der Waals surface area contributed by atoms with Crippen molar-refractivity contribution in [1.29, 1.82) is 0 Å². The molecule has 0 aromatic carbocycles. The van der Waals surface area contributed by atoms with Crippen LogP contribution in [0.5, 0.6) is 0 Å². The van der Waals surface area contributed by atoms with Gasteiger partial charge in [0.2, 0.25) is 0 Å². The fourth-order valence-electron chi connectivity index (χ4n) is 3.20. The van der Waals surface area contributed by atoms with Crippen LogP contribution in [0.2, 0.25) is 0 Å². The summed E-state index contributed by atoms with van der Waals surface area (Å²) in [6.07, 6.45) is 9.97. The Bertz CT molecular complexity index is 697. The zero-order valence-electron chi connectivity index (χ0n) is 14.3. The highest BCUT2D eigenvalue weighted by atomic mass is 16.4. The van der Waals surface area contributed by atoms with Crippen LogP contribution in [0.3, 0.4) is 0 Å². The van der Waals surface area contributed by atoms with E-state index < -0.39 is 0 Å². The van der Waals surface area contributed by atoms with E-state index in [1.807, 2.05) is 26.0 Å². The van der Waals surface area contributed by atoms with Crippen LogP contribution in [0.15, 0.2) is 50.2 Å². The van der Waals surface area contributed by atoms with Crippen molar-refractivity contribution in [2.24, 2.45) is 5.41 Å². The van der Waals surface area contributed by atoms with Gasteiger partial charge in [0.25, 0.3) is 0 Å². The second-order valence-corrected chi connectivity index (χ2v) is 7.01. The summed E-state index contributed by atoms with van der Waals surface area (Å²) < 4.78 is 5.20. The smallest absolute Gasteiger partial charge is 0.336 e. The summed E-state index contributed by atoms with van der Waals surface area (Å²) in [4.78, 5) is 11.4. The molecule has 2 nitrogen and oxygen atoms in total. The molecule has 0 spiro atoms. The standard InChI is InChI=1S/C20H26O2/c1-14(11-17-12-15(2)13-19(21)22-17)8-9-18-16(3)7-6-10-20(18,4)5/h8-9,11-13H,6-7,10H2,1-5H3/b9-8+,14-11+. The molecule has 1 heterocycles. The molecule has 0 fully saturated rings. The van der Waals surface area contributed by atoms with E-state index in [0.717, 1.165) is 11.1 Å². The first-order valence-electron chi connectivity index (χ1n) is 7.96. The average molecular weight is 298 g/mol. The van der Waals surface area contributed by atoms with E-state index in [9.17, 15) is 4.79 Å². The first-order chi connectivity index (χ1) is 10.3. The molecule has 118 valence electrons. The number of rotatable bonds is 3. The third-order valence-corrected chi connectivity index (χ3v) is 4.36. The highest BCUT2D eigenvalue weighted by molar-refractivity contribution is 5.52. The van der Waals surface area contributed by atoms with Gasteiger partial charge < -0.3 is 4.42 Å². The van der Waals surface area contributed by atoms with E-state index in [-0.39, 0.29) is 11.0 Å². The minimum absolute atomic E-state index is 0.245. The summed E-state index contributed by atoms with van der Waals surface area (Å²) >= 11 is 0. The Hall–Kier alpha value is -1.83. The second-order valence-electron chi connectivity index (χ2n) is 7.01. The van der Waals surface area contributed by atoms with E-state index in [1.54, 1.807) is 0 Å². The Morgan fingerprint density at radius 3 is 2.64 bits per heavy atom. The molecule has 0 bridgehead atoms. The van der Waals surface area contributed by atoms with Crippen molar-refractivity contribution in [1.82, 2.24) is 0 Å². The van der Waals surface area contributed by atoms with Crippen molar-refractivity contribution >= 4 is 6.08 Å². The van der Waals surface area contributed by atoms with Gasteiger partial charge in [-0.1, -0.05) is 31.6 Å². The van der Waals surface area contributed by atoms with Crippen molar-refractivity contribution < 1.29 is 4.42 Å². The van der Waals surface area contributed by atoms with Crippen molar-refractivity contribution in [3.8, 4) is 0 Å². The van der Waals surface area contributed by atoms with Gasteiger partial charge in [-0.2, -0.15) is 0 Å². The van der Waals surface area contributed by atoms with E-state index >= 15 is 0 Å². The Kier molecular flexibility index (Phi) is 4.90. The van der Waals surface area contributed by atoms with Crippen LogP contribution in [-0.2, 0) is 0 Å². The van der Waals surface area contributed by atoms with Gasteiger partial charge in [-0.15, -0.1) is 0 Å². The molecule has 22 heavy (non-hydrogen) atoms. The van der Waals surface area contributed by atoms with Crippen LogP contribution < -0.4 is 5.63 Å². The van der Waals surface area contributed by atoms with Crippen molar-refractivity contribution in [3.05, 3.63) is 62.7 Å². The summed E-state index contributed by atoms with van der Waals surface area (Å²) in [6, 6.07) is 3.38. The zero-order chi connectivity index (χ0) is 16.3. The lowest BCUT2D eigenvalue weighted by molar-refractivity contribution is 0.377. The van der Waals surface area contributed by atoms with Gasteiger partial charge in [0.1, 0.15) is 5.76 Å². The fourth-order valence-corrected chi connectivity index (χ4v) is 3.20. The molecule has 2 rings (SSSR count). The van der Waals surface area contributed by atoms with Crippen LogP contribution in [-0.4, -0.2) is 0 Å². The molecule has 0 unspecified atom stereocenters. The zero-order valence-corrected chi connectivity index (χ0v) is 14.3. The fraction of sp³-hybridized carbons (Fsp3) is 0.450. The minimum Gasteiger partial charge on any atom is -0.423 e. The van der Waals surface area contributed by atoms with Crippen LogP contribution in [0.25, 0.3) is 6.08 Å². The van der Waals surface area contributed by atoms with Gasteiger partial charge in [0.15, 0.2) is 0 Å². The summed E-state index contributed by atoms with van der Waals surface area (Å²) in [5.41, 5.74) is 4.88. The van der Waals surface area contributed by atoms with Crippen molar-refractivity contribution in [2.75, 3.05) is 0 Å². The first kappa shape index (κ1) is 16.5. The predicted octanol–water partition coefficient (Wildman–Crippen LogP) is 5.43. The third kappa shape index (κ3) is 4.09. The monoisotopic (exact) mass is 298 g/mol.